The second kappa shape index (κ2) is 7.10. The van der Waals surface area contributed by atoms with E-state index in [1.54, 1.807) is 4.90 Å². The van der Waals surface area contributed by atoms with Crippen LogP contribution in [0.25, 0.3) is 0 Å². The normalized spacial score (nSPS) is 22.3. The number of piperazine rings is 1. The Morgan fingerprint density at radius 1 is 1.35 bits per heavy atom. The first-order valence-electron chi connectivity index (χ1n) is 8.08. The van der Waals surface area contributed by atoms with E-state index in [2.05, 4.69) is 18.3 Å². The molecule has 0 radical (unpaired) electrons. The molecule has 124 valence electrons. The van der Waals surface area contributed by atoms with Gasteiger partial charge in [0.25, 0.3) is 0 Å². The minimum Gasteiger partial charge on any atom is -0.370 e. The highest BCUT2D eigenvalue weighted by Gasteiger charge is 2.28. The molecule has 23 heavy (non-hydrogen) atoms. The maximum absolute atomic E-state index is 12.5. The Morgan fingerprint density at radius 2 is 2.17 bits per heavy atom. The minimum absolute atomic E-state index is 0.00198. The van der Waals surface area contributed by atoms with Crippen molar-refractivity contribution < 1.29 is 14.3 Å². The molecule has 1 aromatic carbocycles. The van der Waals surface area contributed by atoms with Gasteiger partial charge in [0.15, 0.2) is 0 Å². The lowest BCUT2D eigenvalue weighted by Crippen LogP contribution is -2.53. The van der Waals surface area contributed by atoms with E-state index in [4.69, 9.17) is 4.74 Å². The van der Waals surface area contributed by atoms with E-state index in [0.717, 1.165) is 12.1 Å². The number of rotatable bonds is 3. The van der Waals surface area contributed by atoms with Gasteiger partial charge in [-0.3, -0.25) is 9.59 Å². The number of ether oxygens (including phenoxy) is 1. The number of hydrogen-bond acceptors (Lipinski definition) is 4. The van der Waals surface area contributed by atoms with Gasteiger partial charge in [0.1, 0.15) is 6.10 Å². The summed E-state index contributed by atoms with van der Waals surface area (Å²) in [5.74, 6) is -0.00422. The average Bonchev–Trinajstić information content (AvgIpc) is 2.57. The third kappa shape index (κ3) is 3.71. The molecule has 0 unspecified atom stereocenters. The van der Waals surface area contributed by atoms with E-state index >= 15 is 0 Å². The van der Waals surface area contributed by atoms with E-state index in [1.807, 2.05) is 23.1 Å². The van der Waals surface area contributed by atoms with Crippen LogP contribution < -0.4 is 5.32 Å². The first kappa shape index (κ1) is 16.0. The Kier molecular flexibility index (Phi) is 4.93. The van der Waals surface area contributed by atoms with Crippen LogP contribution >= 0.6 is 0 Å². The average molecular weight is 317 g/mol. The summed E-state index contributed by atoms with van der Waals surface area (Å²) in [6.07, 6.45) is -0.0902. The van der Waals surface area contributed by atoms with E-state index in [1.165, 1.54) is 5.56 Å². The summed E-state index contributed by atoms with van der Waals surface area (Å²) in [6.45, 7) is 5.54. The molecule has 1 aromatic rings. The van der Waals surface area contributed by atoms with E-state index < -0.39 is 0 Å². The second-order valence-electron chi connectivity index (χ2n) is 6.05. The summed E-state index contributed by atoms with van der Waals surface area (Å²) in [7, 11) is 0. The van der Waals surface area contributed by atoms with Gasteiger partial charge >= 0.3 is 0 Å². The van der Waals surface area contributed by atoms with Crippen molar-refractivity contribution in [3.8, 4) is 0 Å². The van der Waals surface area contributed by atoms with Crippen molar-refractivity contribution in [1.29, 1.82) is 0 Å². The predicted octanol–water partition coefficient (Wildman–Crippen LogP) is 0.327. The molecule has 3 rings (SSSR count). The van der Waals surface area contributed by atoms with Gasteiger partial charge < -0.3 is 19.9 Å². The van der Waals surface area contributed by atoms with Crippen LogP contribution in [0.3, 0.4) is 0 Å². The van der Waals surface area contributed by atoms with Crippen LogP contribution in [-0.2, 0) is 14.3 Å². The molecule has 1 N–H and O–H groups in total. The molecule has 0 aromatic heterocycles. The van der Waals surface area contributed by atoms with Crippen LogP contribution in [0.1, 0.15) is 17.2 Å². The number of carbonyl (C=O) groups excluding carboxylic acids is 2. The predicted molar refractivity (Wildman–Crippen MR) is 85.9 cm³/mol. The van der Waals surface area contributed by atoms with Gasteiger partial charge in [-0.1, -0.05) is 24.3 Å². The summed E-state index contributed by atoms with van der Waals surface area (Å²) < 4.78 is 5.85. The maximum Gasteiger partial charge on any atom is 0.242 e. The van der Waals surface area contributed by atoms with Gasteiger partial charge in [-0.25, -0.2) is 0 Å². The molecule has 0 aliphatic carbocycles. The molecule has 2 aliphatic rings. The SMILES string of the molecule is Cc1ccccc1[C@H]1CN(C(=O)CN2CCNCC2=O)CCO1. The van der Waals surface area contributed by atoms with Gasteiger partial charge in [0.2, 0.25) is 11.8 Å². The maximum atomic E-state index is 12.5. The Bertz CT molecular complexity index is 590. The lowest BCUT2D eigenvalue weighted by molar-refractivity contribution is -0.145. The molecule has 0 spiro atoms. The van der Waals surface area contributed by atoms with Crippen LogP contribution in [0.15, 0.2) is 24.3 Å². The lowest BCUT2D eigenvalue weighted by Gasteiger charge is -2.35. The van der Waals surface area contributed by atoms with Crippen LogP contribution in [-0.4, -0.2) is 67.5 Å². The Labute approximate surface area is 136 Å². The van der Waals surface area contributed by atoms with Crippen LogP contribution in [0.4, 0.5) is 0 Å². The minimum atomic E-state index is -0.0902. The molecular formula is C17H23N3O3. The Hall–Kier alpha value is -1.92. The molecule has 6 heteroatoms. The van der Waals surface area contributed by atoms with Gasteiger partial charge in [-0.15, -0.1) is 0 Å². The molecule has 6 nitrogen and oxygen atoms in total. The third-order valence-electron chi connectivity index (χ3n) is 4.47. The zero-order valence-corrected chi connectivity index (χ0v) is 13.5. The molecule has 2 aliphatic heterocycles. The fourth-order valence-electron chi connectivity index (χ4n) is 3.09. The molecule has 2 fully saturated rings. The number of morpholine rings is 1. The summed E-state index contributed by atoms with van der Waals surface area (Å²) >= 11 is 0. The number of hydrogen-bond donors (Lipinski definition) is 1. The van der Waals surface area contributed by atoms with Gasteiger partial charge in [0, 0.05) is 19.6 Å². The highest BCUT2D eigenvalue weighted by molar-refractivity contribution is 5.86. The van der Waals surface area contributed by atoms with Crippen molar-refractivity contribution in [3.63, 3.8) is 0 Å². The topological polar surface area (TPSA) is 61.9 Å². The van der Waals surface area contributed by atoms with E-state index in [0.29, 0.717) is 32.8 Å². The molecule has 0 bridgehead atoms. The molecule has 0 saturated carbocycles. The first-order chi connectivity index (χ1) is 11.1. The zero-order chi connectivity index (χ0) is 16.2. The number of benzene rings is 1. The number of carbonyl (C=O) groups is 2. The zero-order valence-electron chi connectivity index (χ0n) is 13.5. The Balaban J connectivity index is 1.63. The third-order valence-corrected chi connectivity index (χ3v) is 4.47. The van der Waals surface area contributed by atoms with Crippen molar-refractivity contribution in [2.45, 2.75) is 13.0 Å². The largest absolute Gasteiger partial charge is 0.370 e. The van der Waals surface area contributed by atoms with Crippen LogP contribution in [0.2, 0.25) is 0 Å². The number of amides is 2. The summed E-state index contributed by atoms with van der Waals surface area (Å²) in [4.78, 5) is 27.8. The van der Waals surface area contributed by atoms with Crippen molar-refractivity contribution in [3.05, 3.63) is 35.4 Å². The standard InChI is InChI=1S/C17H23N3O3/c1-13-4-2-3-5-14(13)15-11-20(8-9-23-15)17(22)12-19-7-6-18-10-16(19)21/h2-5,15,18H,6-12H2,1H3/t15-/m1/s1. The Morgan fingerprint density at radius 3 is 2.96 bits per heavy atom. The molecule has 2 saturated heterocycles. The number of nitrogens with one attached hydrogen (secondary N) is 1. The lowest BCUT2D eigenvalue weighted by atomic mass is 10.0. The van der Waals surface area contributed by atoms with Crippen molar-refractivity contribution in [2.24, 2.45) is 0 Å². The fraction of sp³-hybridized carbons (Fsp3) is 0.529. The highest BCUT2D eigenvalue weighted by atomic mass is 16.5. The molecule has 2 heterocycles. The molecular weight excluding hydrogens is 294 g/mol. The van der Waals surface area contributed by atoms with Gasteiger partial charge in [-0.05, 0) is 18.1 Å². The number of aryl methyl sites for hydroxylation is 1. The quantitative estimate of drug-likeness (QED) is 0.872. The molecule has 1 atom stereocenters. The van der Waals surface area contributed by atoms with Crippen molar-refractivity contribution in [1.82, 2.24) is 15.1 Å². The monoisotopic (exact) mass is 317 g/mol. The highest BCUT2D eigenvalue weighted by Crippen LogP contribution is 2.25. The summed E-state index contributed by atoms with van der Waals surface area (Å²) in [5, 5.41) is 3.02. The van der Waals surface area contributed by atoms with Gasteiger partial charge in [0.05, 0.1) is 26.2 Å². The van der Waals surface area contributed by atoms with Crippen molar-refractivity contribution >= 4 is 11.8 Å². The van der Waals surface area contributed by atoms with E-state index in [-0.39, 0.29) is 24.5 Å². The smallest absolute Gasteiger partial charge is 0.242 e. The first-order valence-corrected chi connectivity index (χ1v) is 8.08. The van der Waals surface area contributed by atoms with Crippen molar-refractivity contribution in [2.75, 3.05) is 45.9 Å². The van der Waals surface area contributed by atoms with E-state index in [9.17, 15) is 9.59 Å². The fourth-order valence-corrected chi connectivity index (χ4v) is 3.09. The summed E-state index contributed by atoms with van der Waals surface area (Å²) in [5.41, 5.74) is 2.30. The second-order valence-corrected chi connectivity index (χ2v) is 6.05. The van der Waals surface area contributed by atoms with Gasteiger partial charge in [-0.2, -0.15) is 0 Å². The summed E-state index contributed by atoms with van der Waals surface area (Å²) in [6, 6.07) is 8.10. The van der Waals surface area contributed by atoms with Crippen LogP contribution in [0, 0.1) is 6.92 Å². The number of nitrogens with zero attached hydrogens (tertiary/aromatic N) is 2. The molecule has 2 amide bonds. The van der Waals surface area contributed by atoms with Crippen LogP contribution in [0.5, 0.6) is 0 Å².